The van der Waals surface area contributed by atoms with Crippen molar-refractivity contribution in [2.75, 3.05) is 0 Å². The van der Waals surface area contributed by atoms with Crippen molar-refractivity contribution in [3.8, 4) is 12.1 Å². The van der Waals surface area contributed by atoms with Gasteiger partial charge in [0.25, 0.3) is 0 Å². The van der Waals surface area contributed by atoms with E-state index in [1.54, 1.807) is 0 Å². The molecule has 0 bridgehead atoms. The number of nitriles is 2. The average Bonchev–Trinajstić information content (AvgIpc) is 2.99. The van der Waals surface area contributed by atoms with E-state index in [0.29, 0.717) is 5.56 Å². The molecule has 74 valence electrons. The Morgan fingerprint density at radius 3 is 2.40 bits per heavy atom. The summed E-state index contributed by atoms with van der Waals surface area (Å²) in [5.74, 6) is 0. The van der Waals surface area contributed by atoms with Crippen molar-refractivity contribution in [1.29, 1.82) is 10.5 Å². The summed E-state index contributed by atoms with van der Waals surface area (Å²) in [5, 5.41) is 18.0. The summed E-state index contributed by atoms with van der Waals surface area (Å²) in [6, 6.07) is 6.27. The lowest BCUT2D eigenvalue weighted by Crippen LogP contribution is -2.08. The predicted molar refractivity (Wildman–Crippen MR) is 55.0 cm³/mol. The van der Waals surface area contributed by atoms with Crippen molar-refractivity contribution in [2.45, 2.75) is 32.1 Å². The molecule has 0 N–H and O–H groups in total. The zero-order valence-corrected chi connectivity index (χ0v) is 8.83. The second-order valence-corrected chi connectivity index (χ2v) is 4.06. The number of hydrogen-bond acceptors (Lipinski definition) is 3. The number of pyridine rings is 1. The van der Waals surface area contributed by atoms with E-state index in [2.05, 4.69) is 17.1 Å². The maximum atomic E-state index is 9.11. The fourth-order valence-corrected chi connectivity index (χ4v) is 1.89. The van der Waals surface area contributed by atoms with Gasteiger partial charge in [-0.1, -0.05) is 0 Å². The van der Waals surface area contributed by atoms with Crippen molar-refractivity contribution < 1.29 is 0 Å². The largest absolute Gasteiger partial charge is 0.257 e. The Balaban J connectivity index is 2.60. The minimum atomic E-state index is -0.351. The van der Waals surface area contributed by atoms with Gasteiger partial charge in [-0.15, -0.1) is 0 Å². The molecule has 0 amide bonds. The third-order valence-corrected chi connectivity index (χ3v) is 3.00. The van der Waals surface area contributed by atoms with E-state index < -0.39 is 0 Å². The molecule has 3 nitrogen and oxygen atoms in total. The van der Waals surface area contributed by atoms with Crippen LogP contribution in [0.2, 0.25) is 0 Å². The number of aryl methyl sites for hydroxylation is 2. The van der Waals surface area contributed by atoms with Gasteiger partial charge < -0.3 is 0 Å². The molecular formula is C12H11N3. The normalized spacial score (nSPS) is 16.5. The first-order valence-corrected chi connectivity index (χ1v) is 4.93. The Kier molecular flexibility index (Phi) is 1.98. The smallest absolute Gasteiger partial charge is 0.101 e. The zero-order chi connectivity index (χ0) is 11.1. The fourth-order valence-electron chi connectivity index (χ4n) is 1.89. The molecule has 1 heterocycles. The van der Waals surface area contributed by atoms with Crippen LogP contribution in [0, 0.1) is 36.5 Å². The van der Waals surface area contributed by atoms with E-state index in [-0.39, 0.29) is 5.41 Å². The molecule has 1 aliphatic carbocycles. The van der Waals surface area contributed by atoms with Gasteiger partial charge in [0.1, 0.15) is 6.07 Å². The number of rotatable bonds is 1. The van der Waals surface area contributed by atoms with Crippen molar-refractivity contribution in [3.05, 3.63) is 28.6 Å². The predicted octanol–water partition coefficient (Wildman–Crippen LogP) is 2.13. The highest BCUT2D eigenvalue weighted by Gasteiger charge is 2.46. The highest BCUT2D eigenvalue weighted by atomic mass is 14.7. The lowest BCUT2D eigenvalue weighted by atomic mass is 9.94. The molecule has 1 fully saturated rings. The first-order chi connectivity index (χ1) is 7.13. The topological polar surface area (TPSA) is 60.5 Å². The van der Waals surface area contributed by atoms with E-state index in [0.717, 1.165) is 29.8 Å². The van der Waals surface area contributed by atoms with Crippen LogP contribution < -0.4 is 0 Å². The van der Waals surface area contributed by atoms with E-state index in [4.69, 9.17) is 10.5 Å². The third-order valence-electron chi connectivity index (χ3n) is 3.00. The van der Waals surface area contributed by atoms with E-state index in [9.17, 15) is 0 Å². The van der Waals surface area contributed by atoms with Gasteiger partial charge in [-0.2, -0.15) is 10.5 Å². The lowest BCUT2D eigenvalue weighted by molar-refractivity contribution is 0.869. The molecule has 2 rings (SSSR count). The second kappa shape index (κ2) is 3.07. The summed E-state index contributed by atoms with van der Waals surface area (Å²) in [6.07, 6.45) is 1.78. The monoisotopic (exact) mass is 197 g/mol. The first kappa shape index (κ1) is 9.68. The summed E-state index contributed by atoms with van der Waals surface area (Å²) >= 11 is 0. The summed E-state index contributed by atoms with van der Waals surface area (Å²) < 4.78 is 0. The molecule has 15 heavy (non-hydrogen) atoms. The Bertz CT molecular complexity index is 499. The van der Waals surface area contributed by atoms with Crippen LogP contribution in [0.5, 0.6) is 0 Å². The number of hydrogen-bond donors (Lipinski definition) is 0. The maximum absolute atomic E-state index is 9.11. The van der Waals surface area contributed by atoms with Gasteiger partial charge in [0.15, 0.2) is 0 Å². The van der Waals surface area contributed by atoms with Crippen molar-refractivity contribution in [3.63, 3.8) is 0 Å². The third kappa shape index (κ3) is 1.37. The van der Waals surface area contributed by atoms with Crippen molar-refractivity contribution in [2.24, 2.45) is 0 Å². The summed E-state index contributed by atoms with van der Waals surface area (Å²) in [7, 11) is 0. The van der Waals surface area contributed by atoms with Crippen LogP contribution in [0.3, 0.4) is 0 Å². The fraction of sp³-hybridized carbons (Fsp3) is 0.417. The summed E-state index contributed by atoms with van der Waals surface area (Å²) in [5.41, 5.74) is 2.79. The van der Waals surface area contributed by atoms with Crippen LogP contribution in [0.15, 0.2) is 6.07 Å². The Hall–Kier alpha value is -1.87. The van der Waals surface area contributed by atoms with Gasteiger partial charge in [0.05, 0.1) is 22.7 Å². The minimum Gasteiger partial charge on any atom is -0.257 e. The van der Waals surface area contributed by atoms with E-state index in [1.807, 2.05) is 19.9 Å². The highest BCUT2D eigenvalue weighted by Crippen LogP contribution is 2.48. The van der Waals surface area contributed by atoms with Gasteiger partial charge in [-0.05, 0) is 38.3 Å². The summed E-state index contributed by atoms with van der Waals surface area (Å²) in [6.45, 7) is 3.72. The average molecular weight is 197 g/mol. The molecule has 1 aliphatic rings. The number of aromatic nitrogens is 1. The Morgan fingerprint density at radius 2 is 1.93 bits per heavy atom. The van der Waals surface area contributed by atoms with Gasteiger partial charge in [-0.25, -0.2) is 0 Å². The van der Waals surface area contributed by atoms with Crippen LogP contribution in [0.1, 0.15) is 35.4 Å². The molecule has 0 unspecified atom stereocenters. The Labute approximate surface area is 89.0 Å². The molecule has 3 heteroatoms. The quantitative estimate of drug-likeness (QED) is 0.692. The molecule has 1 aromatic rings. The van der Waals surface area contributed by atoms with Gasteiger partial charge in [0.2, 0.25) is 0 Å². The van der Waals surface area contributed by atoms with Crippen molar-refractivity contribution >= 4 is 0 Å². The van der Waals surface area contributed by atoms with Gasteiger partial charge in [0, 0.05) is 5.69 Å². The highest BCUT2D eigenvalue weighted by molar-refractivity contribution is 5.47. The summed E-state index contributed by atoms with van der Waals surface area (Å²) in [4.78, 5) is 4.32. The van der Waals surface area contributed by atoms with Crippen LogP contribution in [0.25, 0.3) is 0 Å². The van der Waals surface area contributed by atoms with Crippen LogP contribution >= 0.6 is 0 Å². The molecule has 1 saturated carbocycles. The van der Waals surface area contributed by atoms with E-state index >= 15 is 0 Å². The molecule has 0 aromatic carbocycles. The van der Waals surface area contributed by atoms with Gasteiger partial charge >= 0.3 is 0 Å². The van der Waals surface area contributed by atoms with Gasteiger partial charge in [-0.3, -0.25) is 4.98 Å². The standard InChI is InChI=1S/C12H11N3/c1-8-10(6-13)5-11(9(2)15-8)12(7-14)3-4-12/h5H,3-4H2,1-2H3. The molecule has 0 atom stereocenters. The second-order valence-electron chi connectivity index (χ2n) is 4.06. The molecule has 1 aromatic heterocycles. The van der Waals surface area contributed by atoms with Crippen LogP contribution in [0.4, 0.5) is 0 Å². The molecule has 0 saturated heterocycles. The van der Waals surface area contributed by atoms with E-state index in [1.165, 1.54) is 0 Å². The van der Waals surface area contributed by atoms with Crippen LogP contribution in [-0.4, -0.2) is 4.98 Å². The molecule has 0 aliphatic heterocycles. The van der Waals surface area contributed by atoms with Crippen LogP contribution in [-0.2, 0) is 5.41 Å². The molecule has 0 spiro atoms. The minimum absolute atomic E-state index is 0.351. The first-order valence-electron chi connectivity index (χ1n) is 4.93. The molecule has 0 radical (unpaired) electrons. The Morgan fingerprint density at radius 1 is 1.27 bits per heavy atom. The molecular weight excluding hydrogens is 186 g/mol. The SMILES string of the molecule is Cc1nc(C)c(C2(C#N)CC2)cc1C#N. The van der Waals surface area contributed by atoms with Crippen molar-refractivity contribution in [1.82, 2.24) is 4.98 Å². The maximum Gasteiger partial charge on any atom is 0.101 e. The number of nitrogens with zero attached hydrogens (tertiary/aromatic N) is 3. The zero-order valence-electron chi connectivity index (χ0n) is 8.83. The lowest BCUT2D eigenvalue weighted by Gasteiger charge is -2.11.